The lowest BCUT2D eigenvalue weighted by Gasteiger charge is -2.12. The fourth-order valence-electron chi connectivity index (χ4n) is 1.56. The monoisotopic (exact) mass is 266 g/mol. The molecule has 0 aliphatic rings. The van der Waals surface area contributed by atoms with Crippen LogP contribution in [0.1, 0.15) is 25.3 Å². The molecule has 1 aromatic carbocycles. The highest BCUT2D eigenvalue weighted by Crippen LogP contribution is 2.24. The number of amides is 1. The predicted octanol–water partition coefficient (Wildman–Crippen LogP) is 1.45. The number of ether oxygens (including phenoxy) is 2. The molecule has 1 rings (SSSR count). The fraction of sp³-hybridized carbons (Fsp3) is 0.500. The van der Waals surface area contributed by atoms with Gasteiger partial charge in [0.2, 0.25) is 0 Å². The van der Waals surface area contributed by atoms with Crippen LogP contribution in [0.5, 0.6) is 11.5 Å². The molecule has 5 heteroatoms. The number of methoxy groups -OCH3 is 1. The summed E-state index contributed by atoms with van der Waals surface area (Å²) in [5.74, 6) is 1.14. The standard InChI is InChI=1S/C14H22N2O3/c1-3-4-7-16-14(17)10-19-13-8-12(18-2)6-5-11(13)9-15/h5-6,8H,3-4,7,9-10,15H2,1-2H3,(H,16,17). The van der Waals surface area contributed by atoms with E-state index in [9.17, 15) is 4.79 Å². The van der Waals surface area contributed by atoms with E-state index in [1.807, 2.05) is 12.1 Å². The smallest absolute Gasteiger partial charge is 0.257 e. The number of hydrogen-bond donors (Lipinski definition) is 2. The highest BCUT2D eigenvalue weighted by atomic mass is 16.5. The minimum Gasteiger partial charge on any atom is -0.497 e. The number of nitrogens with one attached hydrogen (secondary N) is 1. The molecule has 19 heavy (non-hydrogen) atoms. The van der Waals surface area contributed by atoms with E-state index in [2.05, 4.69) is 12.2 Å². The van der Waals surface area contributed by atoms with Gasteiger partial charge >= 0.3 is 0 Å². The zero-order chi connectivity index (χ0) is 14.1. The lowest BCUT2D eigenvalue weighted by molar-refractivity contribution is -0.123. The second-order valence-corrected chi connectivity index (χ2v) is 4.17. The Morgan fingerprint density at radius 3 is 2.84 bits per heavy atom. The van der Waals surface area contributed by atoms with Crippen LogP contribution in [0, 0.1) is 0 Å². The summed E-state index contributed by atoms with van der Waals surface area (Å²) in [5, 5.41) is 2.79. The molecular weight excluding hydrogens is 244 g/mol. The number of nitrogens with two attached hydrogens (primary N) is 1. The van der Waals surface area contributed by atoms with Crippen LogP contribution in [0.3, 0.4) is 0 Å². The second kappa shape index (κ2) is 8.37. The summed E-state index contributed by atoms with van der Waals surface area (Å²) in [6.45, 7) is 3.10. The molecule has 0 aliphatic carbocycles. The van der Waals surface area contributed by atoms with Crippen LogP contribution in [0.25, 0.3) is 0 Å². The van der Waals surface area contributed by atoms with Gasteiger partial charge in [0, 0.05) is 24.7 Å². The highest BCUT2D eigenvalue weighted by molar-refractivity contribution is 5.77. The molecule has 0 bridgehead atoms. The molecular formula is C14H22N2O3. The van der Waals surface area contributed by atoms with Crippen LogP contribution in [0.15, 0.2) is 18.2 Å². The largest absolute Gasteiger partial charge is 0.497 e. The van der Waals surface area contributed by atoms with Crippen LogP contribution in [0.4, 0.5) is 0 Å². The first kappa shape index (κ1) is 15.3. The van der Waals surface area contributed by atoms with Gasteiger partial charge in [0.1, 0.15) is 11.5 Å². The van der Waals surface area contributed by atoms with Gasteiger partial charge in [0.15, 0.2) is 6.61 Å². The molecule has 0 heterocycles. The lowest BCUT2D eigenvalue weighted by Crippen LogP contribution is -2.29. The molecule has 0 fully saturated rings. The molecule has 0 aliphatic heterocycles. The summed E-state index contributed by atoms with van der Waals surface area (Å²) in [5.41, 5.74) is 6.47. The van der Waals surface area contributed by atoms with Gasteiger partial charge in [-0.1, -0.05) is 19.4 Å². The lowest BCUT2D eigenvalue weighted by atomic mass is 10.2. The average molecular weight is 266 g/mol. The third-order valence-corrected chi connectivity index (χ3v) is 2.71. The van der Waals surface area contributed by atoms with E-state index < -0.39 is 0 Å². The van der Waals surface area contributed by atoms with Crippen molar-refractivity contribution in [2.75, 3.05) is 20.3 Å². The van der Waals surface area contributed by atoms with E-state index in [4.69, 9.17) is 15.2 Å². The van der Waals surface area contributed by atoms with E-state index in [1.165, 1.54) is 0 Å². The Balaban J connectivity index is 2.53. The summed E-state index contributed by atoms with van der Waals surface area (Å²) >= 11 is 0. The van der Waals surface area contributed by atoms with Crippen molar-refractivity contribution in [1.82, 2.24) is 5.32 Å². The quantitative estimate of drug-likeness (QED) is 0.698. The highest BCUT2D eigenvalue weighted by Gasteiger charge is 2.07. The van der Waals surface area contributed by atoms with Gasteiger partial charge in [-0.2, -0.15) is 0 Å². The normalized spacial score (nSPS) is 10.1. The molecule has 0 aromatic heterocycles. The molecule has 0 unspecified atom stereocenters. The molecule has 0 atom stereocenters. The minimum absolute atomic E-state index is 0.0100. The second-order valence-electron chi connectivity index (χ2n) is 4.17. The minimum atomic E-state index is -0.126. The molecule has 3 N–H and O–H groups in total. The van der Waals surface area contributed by atoms with E-state index in [1.54, 1.807) is 13.2 Å². The van der Waals surface area contributed by atoms with Gasteiger partial charge in [0.05, 0.1) is 7.11 Å². The number of carbonyl (C=O) groups excluding carboxylic acids is 1. The van der Waals surface area contributed by atoms with E-state index in [0.717, 1.165) is 18.4 Å². The number of rotatable bonds is 8. The maximum atomic E-state index is 11.5. The van der Waals surface area contributed by atoms with Gasteiger partial charge < -0.3 is 20.5 Å². The Hall–Kier alpha value is -1.75. The van der Waals surface area contributed by atoms with Crippen LogP contribution < -0.4 is 20.5 Å². The van der Waals surface area contributed by atoms with Gasteiger partial charge in [-0.15, -0.1) is 0 Å². The first-order valence-electron chi connectivity index (χ1n) is 6.47. The number of unbranched alkanes of at least 4 members (excludes halogenated alkanes) is 1. The summed E-state index contributed by atoms with van der Waals surface area (Å²) in [7, 11) is 1.58. The Labute approximate surface area is 114 Å². The zero-order valence-corrected chi connectivity index (χ0v) is 11.6. The van der Waals surface area contributed by atoms with Crippen molar-refractivity contribution in [3.05, 3.63) is 23.8 Å². The van der Waals surface area contributed by atoms with Crippen LogP contribution in [-0.4, -0.2) is 26.2 Å². The molecule has 5 nitrogen and oxygen atoms in total. The van der Waals surface area contributed by atoms with E-state index in [0.29, 0.717) is 24.6 Å². The van der Waals surface area contributed by atoms with Crippen LogP contribution in [0.2, 0.25) is 0 Å². The molecule has 1 amide bonds. The number of benzene rings is 1. The maximum Gasteiger partial charge on any atom is 0.257 e. The number of carbonyl (C=O) groups is 1. The van der Waals surface area contributed by atoms with Crippen molar-refractivity contribution in [1.29, 1.82) is 0 Å². The summed E-state index contributed by atoms with van der Waals surface area (Å²) in [6, 6.07) is 5.39. The van der Waals surface area contributed by atoms with Gasteiger partial charge in [0.25, 0.3) is 5.91 Å². The molecule has 0 saturated carbocycles. The Bertz CT molecular complexity index is 408. The Kier molecular flexibility index (Phi) is 6.74. The third kappa shape index (κ3) is 5.18. The fourth-order valence-corrected chi connectivity index (χ4v) is 1.56. The van der Waals surface area contributed by atoms with Gasteiger partial charge in [-0.05, 0) is 12.5 Å². The Morgan fingerprint density at radius 1 is 1.42 bits per heavy atom. The number of hydrogen-bond acceptors (Lipinski definition) is 4. The molecule has 1 aromatic rings. The molecule has 0 saturated heterocycles. The van der Waals surface area contributed by atoms with Crippen molar-refractivity contribution in [3.8, 4) is 11.5 Å². The van der Waals surface area contributed by atoms with E-state index >= 15 is 0 Å². The first-order valence-corrected chi connectivity index (χ1v) is 6.47. The SMILES string of the molecule is CCCCNC(=O)COc1cc(OC)ccc1CN. The van der Waals surface area contributed by atoms with Crippen LogP contribution in [-0.2, 0) is 11.3 Å². The van der Waals surface area contributed by atoms with Crippen molar-refractivity contribution in [2.24, 2.45) is 5.73 Å². The molecule has 0 radical (unpaired) electrons. The van der Waals surface area contributed by atoms with E-state index in [-0.39, 0.29) is 12.5 Å². The first-order chi connectivity index (χ1) is 9.21. The molecule has 0 spiro atoms. The average Bonchev–Trinajstić information content (AvgIpc) is 2.45. The van der Waals surface area contributed by atoms with Crippen molar-refractivity contribution >= 4 is 5.91 Å². The van der Waals surface area contributed by atoms with Gasteiger partial charge in [-0.25, -0.2) is 0 Å². The summed E-state index contributed by atoms with van der Waals surface area (Å²) < 4.78 is 10.6. The third-order valence-electron chi connectivity index (χ3n) is 2.71. The summed E-state index contributed by atoms with van der Waals surface area (Å²) in [6.07, 6.45) is 2.02. The van der Waals surface area contributed by atoms with Crippen LogP contribution >= 0.6 is 0 Å². The van der Waals surface area contributed by atoms with Crippen molar-refractivity contribution in [3.63, 3.8) is 0 Å². The van der Waals surface area contributed by atoms with Gasteiger partial charge in [-0.3, -0.25) is 4.79 Å². The zero-order valence-electron chi connectivity index (χ0n) is 11.6. The maximum absolute atomic E-state index is 11.5. The topological polar surface area (TPSA) is 73.6 Å². The van der Waals surface area contributed by atoms with Crippen molar-refractivity contribution < 1.29 is 14.3 Å². The predicted molar refractivity (Wildman–Crippen MR) is 74.3 cm³/mol. The molecule has 106 valence electrons. The summed E-state index contributed by atoms with van der Waals surface area (Å²) in [4.78, 5) is 11.5. The van der Waals surface area contributed by atoms with Crippen molar-refractivity contribution in [2.45, 2.75) is 26.3 Å². The Morgan fingerprint density at radius 2 is 2.21 bits per heavy atom.